The minimum Gasteiger partial charge on any atom is -0.477 e. The van der Waals surface area contributed by atoms with Gasteiger partial charge in [-0.15, -0.1) is 0 Å². The second-order valence-electron chi connectivity index (χ2n) is 4.63. The lowest BCUT2D eigenvalue weighted by atomic mass is 10.2. The monoisotopic (exact) mass is 253 g/mol. The molecule has 1 aromatic heterocycles. The Labute approximate surface area is 106 Å². The van der Waals surface area contributed by atoms with Crippen LogP contribution >= 0.6 is 0 Å². The van der Waals surface area contributed by atoms with Crippen molar-refractivity contribution in [1.82, 2.24) is 9.78 Å². The standard InChI is InChI=1S/C12H19N3O3/c1-8-10(12(16)17)11(14(2)13-8)15(6-7-18-3)9-4-5-9/h9H,4-7H2,1-3H3,(H,16,17). The third kappa shape index (κ3) is 2.33. The van der Waals surface area contributed by atoms with Crippen LogP contribution < -0.4 is 4.90 Å². The normalized spacial score (nSPS) is 14.8. The van der Waals surface area contributed by atoms with Crippen molar-refractivity contribution in [3.8, 4) is 0 Å². The summed E-state index contributed by atoms with van der Waals surface area (Å²) in [6.07, 6.45) is 2.21. The molecule has 0 aromatic carbocycles. The van der Waals surface area contributed by atoms with Crippen molar-refractivity contribution in [2.75, 3.05) is 25.2 Å². The van der Waals surface area contributed by atoms with E-state index in [1.54, 1.807) is 25.8 Å². The van der Waals surface area contributed by atoms with Crippen molar-refractivity contribution in [2.24, 2.45) is 7.05 Å². The summed E-state index contributed by atoms with van der Waals surface area (Å²) in [6, 6.07) is 0.424. The van der Waals surface area contributed by atoms with Gasteiger partial charge in [-0.1, -0.05) is 0 Å². The smallest absolute Gasteiger partial charge is 0.341 e. The highest BCUT2D eigenvalue weighted by Gasteiger charge is 2.34. The first-order valence-electron chi connectivity index (χ1n) is 6.08. The van der Waals surface area contributed by atoms with Crippen LogP contribution in [0.3, 0.4) is 0 Å². The molecular formula is C12H19N3O3. The molecule has 1 heterocycles. The number of anilines is 1. The third-order valence-corrected chi connectivity index (χ3v) is 3.20. The number of rotatable bonds is 6. The van der Waals surface area contributed by atoms with Crippen LogP contribution in [-0.2, 0) is 11.8 Å². The molecule has 2 rings (SSSR count). The maximum atomic E-state index is 11.4. The average molecular weight is 253 g/mol. The second kappa shape index (κ2) is 4.97. The summed E-state index contributed by atoms with van der Waals surface area (Å²) in [6.45, 7) is 3.01. The van der Waals surface area contributed by atoms with Crippen LogP contribution in [0, 0.1) is 6.92 Å². The van der Waals surface area contributed by atoms with Crippen LogP contribution in [0.4, 0.5) is 5.82 Å². The largest absolute Gasteiger partial charge is 0.477 e. The molecule has 1 saturated carbocycles. The number of aryl methyl sites for hydroxylation is 2. The van der Waals surface area contributed by atoms with E-state index in [0.29, 0.717) is 36.3 Å². The van der Waals surface area contributed by atoms with Crippen LogP contribution in [-0.4, -0.2) is 47.2 Å². The average Bonchev–Trinajstić information content (AvgIpc) is 3.06. The van der Waals surface area contributed by atoms with Gasteiger partial charge in [-0.2, -0.15) is 5.10 Å². The van der Waals surface area contributed by atoms with Gasteiger partial charge in [0.1, 0.15) is 11.4 Å². The minimum absolute atomic E-state index is 0.306. The SMILES string of the molecule is COCCN(c1c(C(=O)O)c(C)nn1C)C1CC1. The number of carboxylic acids is 1. The minimum atomic E-state index is -0.918. The fourth-order valence-corrected chi connectivity index (χ4v) is 2.26. The Morgan fingerprint density at radius 3 is 2.78 bits per heavy atom. The van der Waals surface area contributed by atoms with Crippen molar-refractivity contribution in [3.05, 3.63) is 11.3 Å². The maximum absolute atomic E-state index is 11.4. The molecule has 0 amide bonds. The van der Waals surface area contributed by atoms with Crippen molar-refractivity contribution < 1.29 is 14.6 Å². The molecule has 1 N–H and O–H groups in total. The van der Waals surface area contributed by atoms with Gasteiger partial charge in [-0.05, 0) is 19.8 Å². The second-order valence-corrected chi connectivity index (χ2v) is 4.63. The Kier molecular flexibility index (Phi) is 3.56. The van der Waals surface area contributed by atoms with E-state index in [2.05, 4.69) is 10.00 Å². The third-order valence-electron chi connectivity index (χ3n) is 3.20. The molecule has 1 fully saturated rings. The van der Waals surface area contributed by atoms with Gasteiger partial charge in [-0.3, -0.25) is 4.68 Å². The van der Waals surface area contributed by atoms with E-state index in [1.165, 1.54) is 0 Å². The number of aromatic carboxylic acids is 1. The molecule has 1 aliphatic carbocycles. The van der Waals surface area contributed by atoms with Gasteiger partial charge in [0, 0.05) is 26.7 Å². The predicted molar refractivity (Wildman–Crippen MR) is 67.1 cm³/mol. The number of nitrogens with zero attached hydrogens (tertiary/aromatic N) is 3. The van der Waals surface area contributed by atoms with Crippen LogP contribution in [0.15, 0.2) is 0 Å². The topological polar surface area (TPSA) is 67.6 Å². The number of carboxylic acid groups (broad SMARTS) is 1. The van der Waals surface area contributed by atoms with Gasteiger partial charge < -0.3 is 14.7 Å². The van der Waals surface area contributed by atoms with Crippen molar-refractivity contribution in [1.29, 1.82) is 0 Å². The molecule has 0 aliphatic heterocycles. The molecule has 6 nitrogen and oxygen atoms in total. The first-order chi connectivity index (χ1) is 8.56. The van der Waals surface area contributed by atoms with Crippen LogP contribution in [0.1, 0.15) is 28.9 Å². The number of methoxy groups -OCH3 is 1. The van der Waals surface area contributed by atoms with Crippen LogP contribution in [0.5, 0.6) is 0 Å². The van der Waals surface area contributed by atoms with Gasteiger partial charge in [0.05, 0.1) is 12.3 Å². The van der Waals surface area contributed by atoms with Gasteiger partial charge >= 0.3 is 5.97 Å². The van der Waals surface area contributed by atoms with Crippen molar-refractivity contribution >= 4 is 11.8 Å². The lowest BCUT2D eigenvalue weighted by Gasteiger charge is -2.24. The molecule has 6 heteroatoms. The van der Waals surface area contributed by atoms with Gasteiger partial charge in [0.25, 0.3) is 0 Å². The first-order valence-corrected chi connectivity index (χ1v) is 6.08. The van der Waals surface area contributed by atoms with E-state index in [0.717, 1.165) is 12.8 Å². The van der Waals surface area contributed by atoms with Crippen LogP contribution in [0.2, 0.25) is 0 Å². The lowest BCUT2D eigenvalue weighted by Crippen LogP contribution is -2.32. The molecule has 0 spiro atoms. The van der Waals surface area contributed by atoms with Gasteiger partial charge in [-0.25, -0.2) is 4.79 Å². The number of ether oxygens (including phenoxy) is 1. The fraction of sp³-hybridized carbons (Fsp3) is 0.667. The highest BCUT2D eigenvalue weighted by molar-refractivity contribution is 5.95. The fourth-order valence-electron chi connectivity index (χ4n) is 2.26. The first kappa shape index (κ1) is 12.9. The maximum Gasteiger partial charge on any atom is 0.341 e. The zero-order chi connectivity index (χ0) is 13.3. The molecule has 0 unspecified atom stereocenters. The zero-order valence-electron chi connectivity index (χ0n) is 11.0. The zero-order valence-corrected chi connectivity index (χ0v) is 11.0. The van der Waals surface area contributed by atoms with E-state index >= 15 is 0 Å². The summed E-state index contributed by atoms with van der Waals surface area (Å²) in [7, 11) is 3.44. The molecule has 0 atom stereocenters. The van der Waals surface area contributed by atoms with E-state index in [1.807, 2.05) is 0 Å². The van der Waals surface area contributed by atoms with Gasteiger partial charge in [0.2, 0.25) is 0 Å². The highest BCUT2D eigenvalue weighted by atomic mass is 16.5. The van der Waals surface area contributed by atoms with Crippen molar-refractivity contribution in [3.63, 3.8) is 0 Å². The lowest BCUT2D eigenvalue weighted by molar-refractivity contribution is 0.0696. The predicted octanol–water partition coefficient (Wildman–Crippen LogP) is 1.04. The molecule has 18 heavy (non-hydrogen) atoms. The van der Waals surface area contributed by atoms with E-state index in [9.17, 15) is 9.90 Å². The van der Waals surface area contributed by atoms with Gasteiger partial charge in [0.15, 0.2) is 0 Å². The summed E-state index contributed by atoms with van der Waals surface area (Å²) in [5.41, 5.74) is 0.864. The van der Waals surface area contributed by atoms with Crippen LogP contribution in [0.25, 0.3) is 0 Å². The summed E-state index contributed by atoms with van der Waals surface area (Å²) >= 11 is 0. The van der Waals surface area contributed by atoms with Crippen molar-refractivity contribution in [2.45, 2.75) is 25.8 Å². The quantitative estimate of drug-likeness (QED) is 0.820. The molecule has 0 saturated heterocycles. The Hall–Kier alpha value is -1.56. The number of hydrogen-bond donors (Lipinski definition) is 1. The Bertz CT molecular complexity index is 452. The summed E-state index contributed by atoms with van der Waals surface area (Å²) in [5.74, 6) is -0.224. The van der Waals surface area contributed by atoms with E-state index in [4.69, 9.17) is 4.74 Å². The number of hydrogen-bond acceptors (Lipinski definition) is 4. The summed E-state index contributed by atoms with van der Waals surface area (Å²) in [5, 5.41) is 13.5. The Balaban J connectivity index is 2.36. The number of aromatic nitrogens is 2. The molecule has 0 bridgehead atoms. The Morgan fingerprint density at radius 2 is 2.28 bits per heavy atom. The summed E-state index contributed by atoms with van der Waals surface area (Å²) in [4.78, 5) is 13.5. The number of carbonyl (C=O) groups is 1. The molecule has 1 aliphatic rings. The molecule has 0 radical (unpaired) electrons. The van der Waals surface area contributed by atoms with E-state index in [-0.39, 0.29) is 0 Å². The summed E-state index contributed by atoms with van der Waals surface area (Å²) < 4.78 is 6.76. The Morgan fingerprint density at radius 1 is 1.61 bits per heavy atom. The highest BCUT2D eigenvalue weighted by Crippen LogP contribution is 2.34. The molecule has 100 valence electrons. The molecular weight excluding hydrogens is 234 g/mol. The van der Waals surface area contributed by atoms with E-state index < -0.39 is 5.97 Å². The molecule has 1 aromatic rings.